The van der Waals surface area contributed by atoms with Crippen molar-refractivity contribution >= 4 is 48.4 Å². The minimum absolute atomic E-state index is 0.0473. The monoisotopic (exact) mass is 360 g/mol. The molecule has 1 aromatic heterocycles. The third-order valence-electron chi connectivity index (χ3n) is 5.51. The number of para-hydroxylation sites is 3. The molecule has 1 heterocycles. The average Bonchev–Trinajstić information content (AvgIpc) is 3.01. The molecule has 0 unspecified atom stereocenters. The molecular formula is C23H18B2N2O. The summed E-state index contributed by atoms with van der Waals surface area (Å²) in [5.41, 5.74) is 5.79. The van der Waals surface area contributed by atoms with Gasteiger partial charge >= 0.3 is 5.69 Å². The van der Waals surface area contributed by atoms with E-state index in [1.807, 2.05) is 83.7 Å². The molecule has 5 heteroatoms. The molecule has 0 spiro atoms. The van der Waals surface area contributed by atoms with E-state index < -0.39 is 0 Å². The fraction of sp³-hybridized carbons (Fsp3) is 0. The van der Waals surface area contributed by atoms with Gasteiger partial charge in [0.05, 0.1) is 11.0 Å². The zero-order valence-corrected chi connectivity index (χ0v) is 15.9. The molecule has 0 aliphatic heterocycles. The van der Waals surface area contributed by atoms with Crippen molar-refractivity contribution in [2.75, 3.05) is 0 Å². The summed E-state index contributed by atoms with van der Waals surface area (Å²) in [6.45, 7) is 0. The van der Waals surface area contributed by atoms with Crippen LogP contribution < -0.4 is 16.6 Å². The first kappa shape index (κ1) is 16.7. The molecule has 0 saturated heterocycles. The summed E-state index contributed by atoms with van der Waals surface area (Å²) >= 11 is 0. The number of imidazole rings is 1. The number of aromatic nitrogens is 2. The summed E-state index contributed by atoms with van der Waals surface area (Å²) in [5.74, 6) is 0. The van der Waals surface area contributed by atoms with Gasteiger partial charge in [-0.05, 0) is 35.0 Å². The zero-order valence-electron chi connectivity index (χ0n) is 15.9. The Kier molecular flexibility index (Phi) is 3.76. The van der Waals surface area contributed by atoms with Crippen LogP contribution in [0.3, 0.4) is 0 Å². The summed E-state index contributed by atoms with van der Waals surface area (Å²) < 4.78 is 3.66. The summed E-state index contributed by atoms with van der Waals surface area (Å²) in [6.07, 6.45) is 0. The van der Waals surface area contributed by atoms with Crippen LogP contribution in [0, 0.1) is 0 Å². The van der Waals surface area contributed by atoms with E-state index in [9.17, 15) is 4.79 Å². The maximum absolute atomic E-state index is 13.7. The van der Waals surface area contributed by atoms with Crippen molar-refractivity contribution in [1.82, 2.24) is 9.13 Å². The average molecular weight is 360 g/mol. The Hall–Kier alpha value is -3.46. The summed E-state index contributed by atoms with van der Waals surface area (Å²) in [6, 6.07) is 28.4. The molecule has 0 aliphatic rings. The second-order valence-electron chi connectivity index (χ2n) is 7.16. The van der Waals surface area contributed by atoms with Gasteiger partial charge in [-0.25, -0.2) is 4.79 Å². The van der Waals surface area contributed by atoms with Gasteiger partial charge in [0.15, 0.2) is 0 Å². The maximum atomic E-state index is 13.7. The van der Waals surface area contributed by atoms with Gasteiger partial charge in [0.2, 0.25) is 0 Å². The highest BCUT2D eigenvalue weighted by Crippen LogP contribution is 2.21. The molecule has 0 amide bonds. The molecule has 28 heavy (non-hydrogen) atoms. The van der Waals surface area contributed by atoms with Gasteiger partial charge in [-0.15, -0.1) is 0 Å². The number of hydrogen-bond acceptors (Lipinski definition) is 1. The van der Waals surface area contributed by atoms with E-state index in [-0.39, 0.29) is 5.69 Å². The predicted octanol–water partition coefficient (Wildman–Crippen LogP) is 1.45. The fourth-order valence-corrected chi connectivity index (χ4v) is 4.09. The molecule has 0 saturated carbocycles. The van der Waals surface area contributed by atoms with E-state index >= 15 is 0 Å². The first-order valence-electron chi connectivity index (χ1n) is 9.44. The van der Waals surface area contributed by atoms with Crippen LogP contribution in [0.15, 0.2) is 89.7 Å². The molecule has 0 atom stereocenters. The highest BCUT2D eigenvalue weighted by molar-refractivity contribution is 6.41. The quantitative estimate of drug-likeness (QED) is 0.438. The SMILES string of the molecule is Bc1ccccc1-n1c(=O)n(-c2ccc3ccccc3c2B)c2ccccc21. The van der Waals surface area contributed by atoms with Crippen LogP contribution >= 0.6 is 0 Å². The second kappa shape index (κ2) is 6.31. The van der Waals surface area contributed by atoms with Gasteiger partial charge in [0.25, 0.3) is 0 Å². The Labute approximate surface area is 164 Å². The number of benzene rings is 4. The summed E-state index contributed by atoms with van der Waals surface area (Å²) in [5, 5.41) is 2.35. The van der Waals surface area contributed by atoms with E-state index in [2.05, 4.69) is 26.0 Å². The van der Waals surface area contributed by atoms with Crippen LogP contribution in [-0.4, -0.2) is 24.8 Å². The van der Waals surface area contributed by atoms with Crippen LogP contribution in [0.4, 0.5) is 0 Å². The molecular weight excluding hydrogens is 342 g/mol. The van der Waals surface area contributed by atoms with Crippen molar-refractivity contribution in [3.63, 3.8) is 0 Å². The topological polar surface area (TPSA) is 26.9 Å². The maximum Gasteiger partial charge on any atom is 0.338 e. The largest absolute Gasteiger partial charge is 0.338 e. The van der Waals surface area contributed by atoms with E-state index in [0.29, 0.717) is 0 Å². The smallest absolute Gasteiger partial charge is 0.261 e. The van der Waals surface area contributed by atoms with E-state index in [4.69, 9.17) is 0 Å². The van der Waals surface area contributed by atoms with Crippen LogP contribution in [0.2, 0.25) is 0 Å². The van der Waals surface area contributed by atoms with Crippen molar-refractivity contribution in [1.29, 1.82) is 0 Å². The Bertz CT molecular complexity index is 1420. The zero-order chi connectivity index (χ0) is 19.3. The lowest BCUT2D eigenvalue weighted by Gasteiger charge is -2.11. The number of nitrogens with zero attached hydrogens (tertiary/aromatic N) is 2. The summed E-state index contributed by atoms with van der Waals surface area (Å²) in [4.78, 5) is 13.7. The fourth-order valence-electron chi connectivity index (χ4n) is 4.09. The Morgan fingerprint density at radius 1 is 0.607 bits per heavy atom. The third kappa shape index (κ3) is 2.36. The lowest BCUT2D eigenvalue weighted by molar-refractivity contribution is 0.938. The van der Waals surface area contributed by atoms with E-state index in [1.165, 1.54) is 10.8 Å². The van der Waals surface area contributed by atoms with Crippen molar-refractivity contribution < 1.29 is 0 Å². The van der Waals surface area contributed by atoms with Crippen molar-refractivity contribution in [2.24, 2.45) is 0 Å². The Balaban J connectivity index is 1.91. The van der Waals surface area contributed by atoms with Crippen LogP contribution in [0.5, 0.6) is 0 Å². The number of fused-ring (bicyclic) bond motifs is 2. The minimum Gasteiger partial charge on any atom is -0.261 e. The van der Waals surface area contributed by atoms with Crippen molar-refractivity contribution in [3.8, 4) is 11.4 Å². The van der Waals surface area contributed by atoms with Gasteiger partial charge < -0.3 is 0 Å². The molecule has 0 bridgehead atoms. The molecule has 0 aliphatic carbocycles. The van der Waals surface area contributed by atoms with Crippen molar-refractivity contribution in [2.45, 2.75) is 0 Å². The van der Waals surface area contributed by atoms with Gasteiger partial charge in [-0.3, -0.25) is 9.13 Å². The molecule has 0 N–H and O–H groups in total. The third-order valence-corrected chi connectivity index (χ3v) is 5.51. The molecule has 5 aromatic rings. The molecule has 0 fully saturated rings. The van der Waals surface area contributed by atoms with Gasteiger partial charge in [-0.2, -0.15) is 0 Å². The second-order valence-corrected chi connectivity index (χ2v) is 7.16. The standard InChI is InChI=1S/C23H18B2N2O/c24-17-9-3-4-10-18(17)26-19-11-5-6-12-20(19)27(23(26)28)21-14-13-15-7-1-2-8-16(15)22(21)25/h1-14H,24-25H2. The number of rotatable bonds is 2. The van der Waals surface area contributed by atoms with E-state index in [1.54, 1.807) is 0 Å². The highest BCUT2D eigenvalue weighted by Gasteiger charge is 2.18. The van der Waals surface area contributed by atoms with Crippen LogP contribution in [0.1, 0.15) is 0 Å². The highest BCUT2D eigenvalue weighted by atomic mass is 16.1. The van der Waals surface area contributed by atoms with Crippen LogP contribution in [0.25, 0.3) is 33.2 Å². The van der Waals surface area contributed by atoms with Gasteiger partial charge in [0.1, 0.15) is 15.7 Å². The van der Waals surface area contributed by atoms with Crippen LogP contribution in [-0.2, 0) is 0 Å². The van der Waals surface area contributed by atoms with Gasteiger partial charge in [-0.1, -0.05) is 71.6 Å². The number of hydrogen-bond donors (Lipinski definition) is 0. The predicted molar refractivity (Wildman–Crippen MR) is 123 cm³/mol. The first-order chi connectivity index (χ1) is 13.7. The van der Waals surface area contributed by atoms with E-state index in [0.717, 1.165) is 33.3 Å². The molecule has 0 radical (unpaired) electrons. The molecule has 3 nitrogen and oxygen atoms in total. The Morgan fingerprint density at radius 3 is 1.96 bits per heavy atom. The lowest BCUT2D eigenvalue weighted by Crippen LogP contribution is -2.28. The van der Waals surface area contributed by atoms with Gasteiger partial charge in [0, 0.05) is 11.4 Å². The Morgan fingerprint density at radius 2 is 1.21 bits per heavy atom. The normalized spacial score (nSPS) is 11.3. The molecule has 132 valence electrons. The summed E-state index contributed by atoms with van der Waals surface area (Å²) in [7, 11) is 4.12. The van der Waals surface area contributed by atoms with Crippen molar-refractivity contribution in [3.05, 3.63) is 95.4 Å². The molecule has 4 aromatic carbocycles. The first-order valence-corrected chi connectivity index (χ1v) is 9.44. The lowest BCUT2D eigenvalue weighted by atomic mass is 9.88. The molecule has 5 rings (SSSR count). The minimum atomic E-state index is -0.0473.